The summed E-state index contributed by atoms with van der Waals surface area (Å²) in [7, 11) is 1.69. The van der Waals surface area contributed by atoms with E-state index in [0.29, 0.717) is 0 Å². The Morgan fingerprint density at radius 3 is 2.07 bits per heavy atom. The molecular weight excluding hydrogens is 342 g/mol. The number of methoxy groups -OCH3 is 1. The molecule has 5 rings (SSSR count). The molecule has 0 amide bonds. The molecule has 28 heavy (non-hydrogen) atoms. The number of nitrogens with zero attached hydrogens (tertiary/aromatic N) is 1. The van der Waals surface area contributed by atoms with Crippen LogP contribution in [-0.2, 0) is 0 Å². The number of pyridine rings is 1. The van der Waals surface area contributed by atoms with Crippen molar-refractivity contribution in [1.82, 2.24) is 4.98 Å². The zero-order valence-corrected chi connectivity index (χ0v) is 15.6. The van der Waals surface area contributed by atoms with Crippen LogP contribution in [-0.4, -0.2) is 12.1 Å². The van der Waals surface area contributed by atoms with E-state index in [9.17, 15) is 0 Å². The second kappa shape index (κ2) is 6.82. The van der Waals surface area contributed by atoms with Crippen LogP contribution in [0.15, 0.2) is 97.2 Å². The predicted molar refractivity (Wildman–Crippen MR) is 117 cm³/mol. The zero-order chi connectivity index (χ0) is 18.9. The fourth-order valence-electron chi connectivity index (χ4n) is 3.86. The van der Waals surface area contributed by atoms with Crippen molar-refractivity contribution in [1.29, 1.82) is 0 Å². The maximum atomic E-state index is 5.34. The second-order valence-electron chi connectivity index (χ2n) is 6.82. The van der Waals surface area contributed by atoms with Gasteiger partial charge in [-0.15, -0.1) is 0 Å². The Bertz CT molecular complexity index is 1280. The van der Waals surface area contributed by atoms with Gasteiger partial charge in [-0.3, -0.25) is 4.98 Å². The summed E-state index contributed by atoms with van der Waals surface area (Å²) >= 11 is 0. The van der Waals surface area contributed by atoms with Crippen LogP contribution < -0.4 is 4.74 Å². The van der Waals surface area contributed by atoms with Gasteiger partial charge >= 0.3 is 0 Å². The maximum Gasteiger partial charge on any atom is 0.118 e. The minimum atomic E-state index is 0.856. The third-order valence-corrected chi connectivity index (χ3v) is 5.24. The van der Waals surface area contributed by atoms with E-state index in [1.807, 2.05) is 18.3 Å². The van der Waals surface area contributed by atoms with Crippen LogP contribution in [0.1, 0.15) is 0 Å². The van der Waals surface area contributed by atoms with E-state index in [1.165, 1.54) is 27.3 Å². The summed E-state index contributed by atoms with van der Waals surface area (Å²) in [5, 5.41) is 4.78. The maximum absolute atomic E-state index is 5.34. The van der Waals surface area contributed by atoms with Crippen LogP contribution in [0.5, 0.6) is 5.75 Å². The second-order valence-corrected chi connectivity index (χ2v) is 6.82. The summed E-state index contributed by atoms with van der Waals surface area (Å²) in [6.45, 7) is 0. The number of fused-ring (bicyclic) bond motifs is 2. The molecule has 0 atom stereocenters. The normalized spacial score (nSPS) is 11.0. The van der Waals surface area contributed by atoms with Crippen LogP contribution in [0.25, 0.3) is 43.9 Å². The predicted octanol–water partition coefficient (Wildman–Crippen LogP) is 6.73. The van der Waals surface area contributed by atoms with Crippen LogP contribution in [0.3, 0.4) is 0 Å². The lowest BCUT2D eigenvalue weighted by Gasteiger charge is -2.15. The van der Waals surface area contributed by atoms with Crippen molar-refractivity contribution in [2.24, 2.45) is 0 Å². The molecule has 1 aromatic heterocycles. The van der Waals surface area contributed by atoms with E-state index in [1.54, 1.807) is 7.11 Å². The molecule has 0 spiro atoms. The van der Waals surface area contributed by atoms with Crippen molar-refractivity contribution in [3.8, 4) is 28.1 Å². The van der Waals surface area contributed by atoms with Crippen molar-refractivity contribution in [2.45, 2.75) is 0 Å². The summed E-state index contributed by atoms with van der Waals surface area (Å²) < 4.78 is 5.34. The van der Waals surface area contributed by atoms with Crippen molar-refractivity contribution in [3.63, 3.8) is 0 Å². The number of aromatic nitrogens is 1. The average molecular weight is 361 g/mol. The Hall–Kier alpha value is -3.65. The van der Waals surface area contributed by atoms with E-state index in [2.05, 4.69) is 78.9 Å². The highest BCUT2D eigenvalue weighted by molar-refractivity contribution is 6.09. The lowest BCUT2D eigenvalue weighted by Crippen LogP contribution is -1.92. The molecule has 0 bridgehead atoms. The Balaban J connectivity index is 1.87. The van der Waals surface area contributed by atoms with Gasteiger partial charge in [0.25, 0.3) is 0 Å². The quantitative estimate of drug-likeness (QED) is 0.355. The number of hydrogen-bond donors (Lipinski definition) is 0. The molecule has 134 valence electrons. The van der Waals surface area contributed by atoms with E-state index in [0.717, 1.165) is 22.4 Å². The monoisotopic (exact) mass is 361 g/mol. The topological polar surface area (TPSA) is 22.1 Å². The average Bonchev–Trinajstić information content (AvgIpc) is 2.78. The van der Waals surface area contributed by atoms with Gasteiger partial charge in [0.2, 0.25) is 0 Å². The molecule has 0 aliphatic heterocycles. The van der Waals surface area contributed by atoms with Gasteiger partial charge in [0.05, 0.1) is 12.8 Å². The Labute approximate surface area is 164 Å². The molecular formula is C26H19NO. The molecule has 4 aromatic carbocycles. The van der Waals surface area contributed by atoms with Crippen LogP contribution in [0, 0.1) is 0 Å². The summed E-state index contributed by atoms with van der Waals surface area (Å²) in [6.07, 6.45) is 1.90. The first-order valence-electron chi connectivity index (χ1n) is 9.35. The highest BCUT2D eigenvalue weighted by Gasteiger charge is 2.15. The van der Waals surface area contributed by atoms with Crippen LogP contribution >= 0.6 is 0 Å². The van der Waals surface area contributed by atoms with Gasteiger partial charge in [-0.25, -0.2) is 0 Å². The first-order chi connectivity index (χ1) is 13.8. The Morgan fingerprint density at radius 1 is 0.643 bits per heavy atom. The molecule has 0 saturated carbocycles. The van der Waals surface area contributed by atoms with Crippen molar-refractivity contribution < 1.29 is 4.74 Å². The van der Waals surface area contributed by atoms with E-state index >= 15 is 0 Å². The first-order valence-corrected chi connectivity index (χ1v) is 9.35. The summed E-state index contributed by atoms with van der Waals surface area (Å²) in [4.78, 5) is 4.82. The third-order valence-electron chi connectivity index (χ3n) is 5.24. The Kier molecular flexibility index (Phi) is 4.02. The molecule has 0 N–H and O–H groups in total. The van der Waals surface area contributed by atoms with Gasteiger partial charge in [0, 0.05) is 17.1 Å². The molecule has 0 radical (unpaired) electrons. The van der Waals surface area contributed by atoms with E-state index in [4.69, 9.17) is 9.72 Å². The highest BCUT2D eigenvalue weighted by atomic mass is 16.5. The fraction of sp³-hybridized carbons (Fsp3) is 0.0385. The first kappa shape index (κ1) is 16.5. The standard InChI is InChI=1S/C26H19NO/c1-28-21-13-10-20(11-14-21)23-15-12-18-6-2-4-8-22(18)25(23)26-24-9-5-3-7-19(24)16-17-27-26/h2-17H,1H3. The Morgan fingerprint density at radius 2 is 1.32 bits per heavy atom. The van der Waals surface area contributed by atoms with E-state index in [-0.39, 0.29) is 0 Å². The van der Waals surface area contributed by atoms with Gasteiger partial charge in [-0.2, -0.15) is 0 Å². The molecule has 0 fully saturated rings. The largest absolute Gasteiger partial charge is 0.497 e. The highest BCUT2D eigenvalue weighted by Crippen LogP contribution is 2.40. The number of benzene rings is 4. The molecule has 0 aliphatic rings. The SMILES string of the molecule is COc1ccc(-c2ccc3ccccc3c2-c2nccc3ccccc23)cc1. The third kappa shape index (κ3) is 2.71. The smallest absolute Gasteiger partial charge is 0.118 e. The summed E-state index contributed by atoms with van der Waals surface area (Å²) in [6, 6.07) is 31.6. The number of ether oxygens (including phenoxy) is 1. The lowest BCUT2D eigenvalue weighted by molar-refractivity contribution is 0.415. The summed E-state index contributed by atoms with van der Waals surface area (Å²) in [5.41, 5.74) is 4.50. The van der Waals surface area contributed by atoms with Crippen molar-refractivity contribution in [2.75, 3.05) is 7.11 Å². The molecule has 0 saturated heterocycles. The lowest BCUT2D eigenvalue weighted by atomic mass is 9.90. The molecule has 0 unspecified atom stereocenters. The number of rotatable bonds is 3. The van der Waals surface area contributed by atoms with Crippen LogP contribution in [0.2, 0.25) is 0 Å². The van der Waals surface area contributed by atoms with Crippen LogP contribution in [0.4, 0.5) is 0 Å². The molecule has 1 heterocycles. The summed E-state index contributed by atoms with van der Waals surface area (Å²) in [5.74, 6) is 0.856. The van der Waals surface area contributed by atoms with E-state index < -0.39 is 0 Å². The fourth-order valence-corrected chi connectivity index (χ4v) is 3.86. The minimum Gasteiger partial charge on any atom is -0.497 e. The van der Waals surface area contributed by atoms with Gasteiger partial charge in [0.1, 0.15) is 5.75 Å². The molecule has 0 aliphatic carbocycles. The molecule has 2 heteroatoms. The zero-order valence-electron chi connectivity index (χ0n) is 15.6. The van der Waals surface area contributed by atoms with Gasteiger partial charge in [0.15, 0.2) is 0 Å². The van der Waals surface area contributed by atoms with Gasteiger partial charge in [-0.05, 0) is 45.5 Å². The molecule has 5 aromatic rings. The van der Waals surface area contributed by atoms with Gasteiger partial charge in [-0.1, -0.05) is 72.8 Å². The van der Waals surface area contributed by atoms with Crippen molar-refractivity contribution >= 4 is 21.5 Å². The number of hydrogen-bond acceptors (Lipinski definition) is 2. The minimum absolute atomic E-state index is 0.856. The molecule has 2 nitrogen and oxygen atoms in total. The van der Waals surface area contributed by atoms with Gasteiger partial charge < -0.3 is 4.74 Å². The van der Waals surface area contributed by atoms with Crippen molar-refractivity contribution in [3.05, 3.63) is 97.2 Å².